The summed E-state index contributed by atoms with van der Waals surface area (Å²) in [6.07, 6.45) is 0.669. The number of rotatable bonds is 7. The molecule has 0 bridgehead atoms. The second kappa shape index (κ2) is 7.83. The lowest BCUT2D eigenvalue weighted by atomic mass is 9.88. The smallest absolute Gasteiger partial charge is 0.149 e. The molecule has 2 aromatic carbocycles. The molecule has 25 heavy (non-hydrogen) atoms. The summed E-state index contributed by atoms with van der Waals surface area (Å²) in [5.74, 6) is 1.49. The van der Waals surface area contributed by atoms with Gasteiger partial charge >= 0.3 is 0 Å². The maximum Gasteiger partial charge on any atom is 0.149 e. The standard InChI is InChI=1S/C22H29NO2/c1-15(2)19-11-12-21(25-6)20(13-19)18-9-7-17(8-10-18)14-22(4,23-5)16(3)24/h7-13,15,23H,14H2,1-6H3. The van der Waals surface area contributed by atoms with E-state index in [1.807, 2.05) is 20.0 Å². The van der Waals surface area contributed by atoms with Crippen molar-refractivity contribution in [3.8, 4) is 16.9 Å². The maximum absolute atomic E-state index is 11.9. The summed E-state index contributed by atoms with van der Waals surface area (Å²) in [6.45, 7) is 7.95. The molecule has 0 aliphatic rings. The summed E-state index contributed by atoms with van der Waals surface area (Å²) in [7, 11) is 3.53. The summed E-state index contributed by atoms with van der Waals surface area (Å²) < 4.78 is 5.54. The fraction of sp³-hybridized carbons (Fsp3) is 0.409. The molecule has 3 nitrogen and oxygen atoms in total. The Labute approximate surface area is 151 Å². The zero-order chi connectivity index (χ0) is 18.6. The highest BCUT2D eigenvalue weighted by molar-refractivity contribution is 5.86. The Morgan fingerprint density at radius 1 is 1.16 bits per heavy atom. The number of likely N-dealkylation sites (N-methyl/N-ethyl adjacent to an activating group) is 1. The molecule has 0 amide bonds. The highest BCUT2D eigenvalue weighted by Gasteiger charge is 2.27. The predicted molar refractivity (Wildman–Crippen MR) is 104 cm³/mol. The Hall–Kier alpha value is -2.13. The van der Waals surface area contributed by atoms with Gasteiger partial charge in [-0.1, -0.05) is 44.2 Å². The van der Waals surface area contributed by atoms with E-state index in [0.29, 0.717) is 12.3 Å². The van der Waals surface area contributed by atoms with Crippen LogP contribution in [0.4, 0.5) is 0 Å². The van der Waals surface area contributed by atoms with E-state index in [1.54, 1.807) is 14.0 Å². The van der Waals surface area contributed by atoms with Gasteiger partial charge in [0, 0.05) is 5.56 Å². The first-order valence-corrected chi connectivity index (χ1v) is 8.78. The van der Waals surface area contributed by atoms with Crippen LogP contribution in [0.3, 0.4) is 0 Å². The zero-order valence-electron chi connectivity index (χ0n) is 16.1. The normalized spacial score (nSPS) is 13.6. The second-order valence-electron chi connectivity index (χ2n) is 7.13. The molecule has 134 valence electrons. The predicted octanol–water partition coefficient (Wildman–Crippen LogP) is 4.60. The van der Waals surface area contributed by atoms with Crippen LogP contribution in [-0.4, -0.2) is 25.5 Å². The van der Waals surface area contributed by atoms with Crippen LogP contribution < -0.4 is 10.1 Å². The minimum absolute atomic E-state index is 0.144. The molecule has 2 rings (SSSR count). The largest absolute Gasteiger partial charge is 0.496 e. The van der Waals surface area contributed by atoms with Crippen molar-refractivity contribution in [1.29, 1.82) is 0 Å². The number of hydrogen-bond acceptors (Lipinski definition) is 3. The van der Waals surface area contributed by atoms with Crippen LogP contribution >= 0.6 is 0 Å². The number of ketones is 1. The van der Waals surface area contributed by atoms with Gasteiger partial charge in [0.2, 0.25) is 0 Å². The van der Waals surface area contributed by atoms with Crippen molar-refractivity contribution < 1.29 is 9.53 Å². The van der Waals surface area contributed by atoms with Crippen LogP contribution in [0.1, 0.15) is 44.7 Å². The Bertz CT molecular complexity index is 734. The molecule has 0 saturated carbocycles. The van der Waals surface area contributed by atoms with E-state index < -0.39 is 5.54 Å². The molecule has 0 saturated heterocycles. The number of methoxy groups -OCH3 is 1. The average molecular weight is 339 g/mol. The van der Waals surface area contributed by atoms with E-state index in [1.165, 1.54) is 5.56 Å². The minimum Gasteiger partial charge on any atom is -0.496 e. The monoisotopic (exact) mass is 339 g/mol. The van der Waals surface area contributed by atoms with Crippen molar-refractivity contribution >= 4 is 5.78 Å². The molecule has 2 aromatic rings. The van der Waals surface area contributed by atoms with Crippen LogP contribution in [0, 0.1) is 0 Å². The zero-order valence-corrected chi connectivity index (χ0v) is 16.1. The number of ether oxygens (including phenoxy) is 1. The van der Waals surface area contributed by atoms with Crippen LogP contribution in [0.25, 0.3) is 11.1 Å². The third kappa shape index (κ3) is 4.29. The van der Waals surface area contributed by atoms with Gasteiger partial charge in [-0.05, 0) is 62.1 Å². The van der Waals surface area contributed by atoms with E-state index in [9.17, 15) is 4.79 Å². The topological polar surface area (TPSA) is 38.3 Å². The molecule has 0 aliphatic carbocycles. The molecule has 0 fully saturated rings. The summed E-state index contributed by atoms with van der Waals surface area (Å²) in [5.41, 5.74) is 4.12. The van der Waals surface area contributed by atoms with Gasteiger partial charge in [0.15, 0.2) is 0 Å². The van der Waals surface area contributed by atoms with Crippen molar-refractivity contribution in [3.05, 3.63) is 53.6 Å². The lowest BCUT2D eigenvalue weighted by Gasteiger charge is -2.26. The number of carbonyl (C=O) groups is 1. The van der Waals surface area contributed by atoms with Gasteiger partial charge in [-0.2, -0.15) is 0 Å². The van der Waals surface area contributed by atoms with Gasteiger partial charge < -0.3 is 10.1 Å². The first-order valence-electron chi connectivity index (χ1n) is 8.78. The van der Waals surface area contributed by atoms with Gasteiger partial charge in [0.25, 0.3) is 0 Å². The Morgan fingerprint density at radius 3 is 2.28 bits per heavy atom. The summed E-state index contributed by atoms with van der Waals surface area (Å²) >= 11 is 0. The van der Waals surface area contributed by atoms with E-state index in [2.05, 4.69) is 55.6 Å². The highest BCUT2D eigenvalue weighted by Crippen LogP contribution is 2.33. The van der Waals surface area contributed by atoms with Crippen molar-refractivity contribution in [3.63, 3.8) is 0 Å². The molecule has 0 heterocycles. The van der Waals surface area contributed by atoms with Crippen molar-refractivity contribution in [2.75, 3.05) is 14.2 Å². The van der Waals surface area contributed by atoms with Gasteiger partial charge in [0.05, 0.1) is 12.6 Å². The molecule has 3 heteroatoms. The number of benzene rings is 2. The van der Waals surface area contributed by atoms with Crippen LogP contribution in [-0.2, 0) is 11.2 Å². The molecule has 1 atom stereocenters. The number of nitrogens with one attached hydrogen (secondary N) is 1. The van der Waals surface area contributed by atoms with E-state index >= 15 is 0 Å². The van der Waals surface area contributed by atoms with Crippen LogP contribution in [0.2, 0.25) is 0 Å². The van der Waals surface area contributed by atoms with E-state index in [-0.39, 0.29) is 5.78 Å². The quantitative estimate of drug-likeness (QED) is 0.801. The van der Waals surface area contributed by atoms with Gasteiger partial charge in [0.1, 0.15) is 11.5 Å². The van der Waals surface area contributed by atoms with Gasteiger partial charge in [-0.15, -0.1) is 0 Å². The number of hydrogen-bond donors (Lipinski definition) is 1. The molecular formula is C22H29NO2. The first-order chi connectivity index (χ1) is 11.8. The maximum atomic E-state index is 11.9. The Morgan fingerprint density at radius 2 is 1.80 bits per heavy atom. The van der Waals surface area contributed by atoms with Gasteiger partial charge in [-0.25, -0.2) is 0 Å². The number of Topliss-reactive ketones (excluding diaryl/α,β-unsaturated/α-hetero) is 1. The minimum atomic E-state index is -0.531. The van der Waals surface area contributed by atoms with E-state index in [0.717, 1.165) is 22.4 Å². The molecule has 0 aliphatic heterocycles. The SMILES string of the molecule is CNC(C)(Cc1ccc(-c2cc(C(C)C)ccc2OC)cc1)C(C)=O. The lowest BCUT2D eigenvalue weighted by molar-refractivity contribution is -0.122. The molecule has 1 unspecified atom stereocenters. The lowest BCUT2D eigenvalue weighted by Crippen LogP contribution is -2.48. The summed E-state index contributed by atoms with van der Waals surface area (Å²) in [4.78, 5) is 11.9. The first kappa shape index (κ1) is 19.2. The third-order valence-corrected chi connectivity index (χ3v) is 5.04. The highest BCUT2D eigenvalue weighted by atomic mass is 16.5. The average Bonchev–Trinajstić information content (AvgIpc) is 2.61. The van der Waals surface area contributed by atoms with Crippen molar-refractivity contribution in [2.45, 2.75) is 45.6 Å². The second-order valence-corrected chi connectivity index (χ2v) is 7.13. The third-order valence-electron chi connectivity index (χ3n) is 5.04. The fourth-order valence-electron chi connectivity index (χ4n) is 2.91. The molecule has 0 aromatic heterocycles. The van der Waals surface area contributed by atoms with Crippen LogP contribution in [0.5, 0.6) is 5.75 Å². The van der Waals surface area contributed by atoms with Gasteiger partial charge in [-0.3, -0.25) is 4.79 Å². The Balaban J connectivity index is 2.34. The summed E-state index contributed by atoms with van der Waals surface area (Å²) in [5, 5.41) is 3.14. The summed E-state index contributed by atoms with van der Waals surface area (Å²) in [6, 6.07) is 14.7. The van der Waals surface area contributed by atoms with Crippen LogP contribution in [0.15, 0.2) is 42.5 Å². The molecular weight excluding hydrogens is 310 g/mol. The molecule has 0 radical (unpaired) electrons. The molecule has 0 spiro atoms. The fourth-order valence-corrected chi connectivity index (χ4v) is 2.91. The van der Waals surface area contributed by atoms with E-state index in [4.69, 9.17) is 4.74 Å². The van der Waals surface area contributed by atoms with Crippen molar-refractivity contribution in [2.24, 2.45) is 0 Å². The number of carbonyl (C=O) groups excluding carboxylic acids is 1. The van der Waals surface area contributed by atoms with Crippen molar-refractivity contribution in [1.82, 2.24) is 5.32 Å². The Kier molecular flexibility index (Phi) is 6.02. The molecule has 1 N–H and O–H groups in total.